The van der Waals surface area contributed by atoms with E-state index in [1.165, 1.54) is 0 Å². The summed E-state index contributed by atoms with van der Waals surface area (Å²) in [5.41, 5.74) is 2.62. The molecule has 0 atom stereocenters. The number of fused-ring (bicyclic) bond motifs is 1. The Kier molecular flexibility index (Phi) is 3.83. The zero-order valence-electron chi connectivity index (χ0n) is 12.6. The smallest absolute Gasteiger partial charge is 0.171 e. The van der Waals surface area contributed by atoms with Gasteiger partial charge in [0.15, 0.2) is 17.8 Å². The van der Waals surface area contributed by atoms with Crippen molar-refractivity contribution in [2.75, 3.05) is 7.11 Å². The minimum Gasteiger partial charge on any atom is -0.493 e. The molecule has 4 heteroatoms. The topological polar surface area (TPSA) is 40.5 Å². The fraction of sp³-hybridized carbons (Fsp3) is 0.167. The van der Waals surface area contributed by atoms with Crippen molar-refractivity contribution in [3.8, 4) is 11.5 Å². The summed E-state index contributed by atoms with van der Waals surface area (Å²) in [5.74, 6) is 1.32. The molecule has 3 aromatic rings. The Hall–Kier alpha value is -2.75. The largest absolute Gasteiger partial charge is 0.493 e. The van der Waals surface area contributed by atoms with Crippen LogP contribution < -0.4 is 9.47 Å². The quantitative estimate of drug-likeness (QED) is 0.675. The molecular formula is C18H17NO3. The molecule has 0 radical (unpaired) electrons. The standard InChI is InChI=1S/C18H17NO3/c1-19-14(11-20)10-15-16(19)8-9-17(21-2)18(15)22-12-13-6-4-3-5-7-13/h3-11H,12H2,1-2H3. The summed E-state index contributed by atoms with van der Waals surface area (Å²) in [6.07, 6.45) is 0.841. The van der Waals surface area contributed by atoms with Gasteiger partial charge in [-0.3, -0.25) is 4.79 Å². The molecule has 0 aliphatic heterocycles. The molecule has 0 N–H and O–H groups in total. The van der Waals surface area contributed by atoms with E-state index in [-0.39, 0.29) is 0 Å². The van der Waals surface area contributed by atoms with Crippen LogP contribution in [0.25, 0.3) is 10.9 Å². The van der Waals surface area contributed by atoms with Gasteiger partial charge in [0.05, 0.1) is 18.3 Å². The third-order valence-electron chi connectivity index (χ3n) is 3.74. The van der Waals surface area contributed by atoms with Crippen molar-refractivity contribution >= 4 is 17.2 Å². The van der Waals surface area contributed by atoms with E-state index in [2.05, 4.69) is 0 Å². The Morgan fingerprint density at radius 2 is 1.91 bits per heavy atom. The van der Waals surface area contributed by atoms with E-state index in [1.807, 2.05) is 60.1 Å². The minimum absolute atomic E-state index is 0.446. The predicted octanol–water partition coefficient (Wildman–Crippen LogP) is 3.58. The van der Waals surface area contributed by atoms with Gasteiger partial charge in [-0.1, -0.05) is 30.3 Å². The van der Waals surface area contributed by atoms with Gasteiger partial charge in [-0.15, -0.1) is 0 Å². The summed E-state index contributed by atoms with van der Waals surface area (Å²) >= 11 is 0. The molecule has 2 aromatic carbocycles. The highest BCUT2D eigenvalue weighted by Gasteiger charge is 2.15. The molecule has 3 rings (SSSR count). The number of methoxy groups -OCH3 is 1. The molecule has 0 unspecified atom stereocenters. The molecule has 1 heterocycles. The van der Waals surface area contributed by atoms with Crippen molar-refractivity contribution < 1.29 is 14.3 Å². The van der Waals surface area contributed by atoms with Crippen LogP contribution in [0.2, 0.25) is 0 Å². The first-order chi connectivity index (χ1) is 10.7. The highest BCUT2D eigenvalue weighted by Crippen LogP contribution is 2.37. The van der Waals surface area contributed by atoms with Crippen molar-refractivity contribution in [2.24, 2.45) is 7.05 Å². The second kappa shape index (κ2) is 5.93. The maximum Gasteiger partial charge on any atom is 0.171 e. The molecule has 22 heavy (non-hydrogen) atoms. The number of benzene rings is 2. The number of hydrogen-bond acceptors (Lipinski definition) is 3. The van der Waals surface area contributed by atoms with Gasteiger partial charge in [0, 0.05) is 12.4 Å². The van der Waals surface area contributed by atoms with E-state index in [0.717, 1.165) is 22.8 Å². The number of aromatic nitrogens is 1. The van der Waals surface area contributed by atoms with Crippen LogP contribution in [0.1, 0.15) is 16.1 Å². The molecule has 0 aliphatic carbocycles. The van der Waals surface area contributed by atoms with Crippen molar-refractivity contribution in [2.45, 2.75) is 6.61 Å². The van der Waals surface area contributed by atoms with Gasteiger partial charge in [0.25, 0.3) is 0 Å². The summed E-state index contributed by atoms with van der Waals surface area (Å²) in [6.45, 7) is 0.446. The number of nitrogens with zero attached hydrogens (tertiary/aromatic N) is 1. The molecule has 0 amide bonds. The Labute approximate surface area is 128 Å². The first-order valence-electron chi connectivity index (χ1n) is 7.03. The fourth-order valence-electron chi connectivity index (χ4n) is 2.54. The first-order valence-corrected chi connectivity index (χ1v) is 7.03. The maximum absolute atomic E-state index is 11.1. The Bertz CT molecular complexity index is 806. The third kappa shape index (κ3) is 2.44. The summed E-state index contributed by atoms with van der Waals surface area (Å²) in [4.78, 5) is 11.1. The van der Waals surface area contributed by atoms with Gasteiger partial charge in [0.2, 0.25) is 0 Å². The first kappa shape index (κ1) is 14.2. The molecule has 4 nitrogen and oxygen atoms in total. The van der Waals surface area contributed by atoms with E-state index in [1.54, 1.807) is 7.11 Å². The van der Waals surface area contributed by atoms with E-state index >= 15 is 0 Å². The number of carbonyl (C=O) groups excluding carboxylic acids is 1. The van der Waals surface area contributed by atoms with Crippen LogP contribution in [0.4, 0.5) is 0 Å². The highest BCUT2D eigenvalue weighted by atomic mass is 16.5. The van der Waals surface area contributed by atoms with Crippen LogP contribution in [0.3, 0.4) is 0 Å². The summed E-state index contributed by atoms with van der Waals surface area (Å²) < 4.78 is 13.2. The molecule has 0 bridgehead atoms. The fourth-order valence-corrected chi connectivity index (χ4v) is 2.54. The molecule has 0 saturated heterocycles. The van der Waals surface area contributed by atoms with Crippen molar-refractivity contribution in [3.05, 3.63) is 59.8 Å². The minimum atomic E-state index is 0.446. The number of ether oxygens (including phenoxy) is 2. The van der Waals surface area contributed by atoms with Crippen LogP contribution in [-0.2, 0) is 13.7 Å². The SMILES string of the molecule is COc1ccc2c(cc(C=O)n2C)c1OCc1ccccc1. The molecule has 0 fully saturated rings. The lowest BCUT2D eigenvalue weighted by atomic mass is 10.2. The van der Waals surface area contributed by atoms with E-state index in [9.17, 15) is 4.79 Å². The van der Waals surface area contributed by atoms with Gasteiger partial charge in [-0.25, -0.2) is 0 Å². The molecule has 1 aromatic heterocycles. The number of aldehydes is 1. The Balaban J connectivity index is 2.04. The third-order valence-corrected chi connectivity index (χ3v) is 3.74. The number of aryl methyl sites for hydroxylation is 1. The van der Waals surface area contributed by atoms with Crippen molar-refractivity contribution in [1.29, 1.82) is 0 Å². The highest BCUT2D eigenvalue weighted by molar-refractivity contribution is 5.94. The molecule has 112 valence electrons. The predicted molar refractivity (Wildman–Crippen MR) is 85.6 cm³/mol. The van der Waals surface area contributed by atoms with Gasteiger partial charge >= 0.3 is 0 Å². The summed E-state index contributed by atoms with van der Waals surface area (Å²) in [7, 11) is 3.47. The summed E-state index contributed by atoms with van der Waals surface area (Å²) in [5, 5.41) is 0.875. The van der Waals surface area contributed by atoms with Gasteiger partial charge in [-0.05, 0) is 23.8 Å². The monoisotopic (exact) mass is 295 g/mol. The zero-order chi connectivity index (χ0) is 15.5. The lowest BCUT2D eigenvalue weighted by molar-refractivity contribution is 0.111. The van der Waals surface area contributed by atoms with Crippen molar-refractivity contribution in [3.63, 3.8) is 0 Å². The Morgan fingerprint density at radius 3 is 2.59 bits per heavy atom. The van der Waals surface area contributed by atoms with Crippen LogP contribution in [0, 0.1) is 0 Å². The number of rotatable bonds is 5. The van der Waals surface area contributed by atoms with Gasteiger partial charge in [-0.2, -0.15) is 0 Å². The number of hydrogen-bond donors (Lipinski definition) is 0. The molecule has 0 spiro atoms. The zero-order valence-corrected chi connectivity index (χ0v) is 12.6. The van der Waals surface area contributed by atoms with Crippen LogP contribution in [-0.4, -0.2) is 18.0 Å². The van der Waals surface area contributed by atoms with Gasteiger partial charge in [0.1, 0.15) is 6.61 Å². The normalized spacial score (nSPS) is 10.6. The average Bonchev–Trinajstić information content (AvgIpc) is 2.90. The van der Waals surface area contributed by atoms with E-state index < -0.39 is 0 Å². The maximum atomic E-state index is 11.1. The van der Waals surface area contributed by atoms with Gasteiger partial charge < -0.3 is 14.0 Å². The van der Waals surface area contributed by atoms with Crippen LogP contribution >= 0.6 is 0 Å². The Morgan fingerprint density at radius 1 is 1.14 bits per heavy atom. The molecule has 0 aliphatic rings. The summed E-state index contributed by atoms with van der Waals surface area (Å²) in [6, 6.07) is 15.5. The lowest BCUT2D eigenvalue weighted by Gasteiger charge is -2.12. The van der Waals surface area contributed by atoms with Crippen molar-refractivity contribution in [1.82, 2.24) is 4.57 Å². The molecule has 0 saturated carbocycles. The number of carbonyl (C=O) groups is 1. The van der Waals surface area contributed by atoms with E-state index in [0.29, 0.717) is 23.8 Å². The van der Waals surface area contributed by atoms with Crippen LogP contribution in [0.15, 0.2) is 48.5 Å². The average molecular weight is 295 g/mol. The lowest BCUT2D eigenvalue weighted by Crippen LogP contribution is -1.98. The second-order valence-corrected chi connectivity index (χ2v) is 5.05. The molecular weight excluding hydrogens is 278 g/mol. The van der Waals surface area contributed by atoms with E-state index in [4.69, 9.17) is 9.47 Å². The second-order valence-electron chi connectivity index (χ2n) is 5.05. The van der Waals surface area contributed by atoms with Crippen LogP contribution in [0.5, 0.6) is 11.5 Å².